The highest BCUT2D eigenvalue weighted by Crippen LogP contribution is 2.23. The zero-order valence-corrected chi connectivity index (χ0v) is 12.5. The first kappa shape index (κ1) is 14.7. The summed E-state index contributed by atoms with van der Waals surface area (Å²) in [5, 5.41) is 1.99. The number of nitrogens with zero attached hydrogens (tertiary/aromatic N) is 2. The number of rotatable bonds is 7. The Balaban J connectivity index is 1.83. The summed E-state index contributed by atoms with van der Waals surface area (Å²) in [7, 11) is 1.94. The molecule has 0 saturated heterocycles. The molecule has 0 radical (unpaired) electrons. The van der Waals surface area contributed by atoms with Gasteiger partial charge in [-0.25, -0.2) is 4.98 Å². The average molecular weight is 294 g/mol. The number of thiophene rings is 1. The molecule has 0 fully saturated rings. The molecule has 20 heavy (non-hydrogen) atoms. The Morgan fingerprint density at radius 1 is 1.55 bits per heavy atom. The van der Waals surface area contributed by atoms with Crippen molar-refractivity contribution in [2.75, 3.05) is 20.2 Å². The molecule has 0 aliphatic rings. The van der Waals surface area contributed by atoms with Crippen LogP contribution < -0.4 is 0 Å². The summed E-state index contributed by atoms with van der Waals surface area (Å²) in [5.41, 5.74) is 0.861. The van der Waals surface area contributed by atoms with Crippen LogP contribution in [-0.2, 0) is 16.1 Å². The maximum absolute atomic E-state index is 11.3. The van der Waals surface area contributed by atoms with E-state index in [0.717, 1.165) is 10.6 Å². The van der Waals surface area contributed by atoms with E-state index in [4.69, 9.17) is 9.15 Å². The maximum atomic E-state index is 11.3. The Kier molecular flexibility index (Phi) is 5.31. The fourth-order valence-electron chi connectivity index (χ4n) is 1.76. The molecular weight excluding hydrogens is 276 g/mol. The minimum absolute atomic E-state index is 0.168. The van der Waals surface area contributed by atoms with E-state index < -0.39 is 0 Å². The standard InChI is InChI=1S/C14H18N2O3S/c1-3-18-13(17)6-7-16(2)9-11-10-19-14(15-11)12-5-4-8-20-12/h4-5,8,10H,3,6-7,9H2,1-2H3. The monoisotopic (exact) mass is 294 g/mol. The third-order valence-corrected chi connectivity index (χ3v) is 3.58. The Labute approximate surface area is 122 Å². The molecule has 0 atom stereocenters. The van der Waals surface area contributed by atoms with Gasteiger partial charge in [-0.15, -0.1) is 11.3 Å². The van der Waals surface area contributed by atoms with E-state index in [2.05, 4.69) is 4.98 Å². The van der Waals surface area contributed by atoms with Gasteiger partial charge in [0.15, 0.2) is 0 Å². The normalized spacial score (nSPS) is 10.9. The number of carbonyl (C=O) groups is 1. The van der Waals surface area contributed by atoms with Crippen LogP contribution >= 0.6 is 11.3 Å². The second-order valence-corrected chi connectivity index (χ2v) is 5.36. The average Bonchev–Trinajstić information content (AvgIpc) is 3.07. The lowest BCUT2D eigenvalue weighted by atomic mass is 10.3. The van der Waals surface area contributed by atoms with Gasteiger partial charge in [-0.1, -0.05) is 6.07 Å². The van der Waals surface area contributed by atoms with Gasteiger partial charge in [0.1, 0.15) is 6.26 Å². The second-order valence-electron chi connectivity index (χ2n) is 4.41. The van der Waals surface area contributed by atoms with Crippen molar-refractivity contribution in [1.29, 1.82) is 0 Å². The van der Waals surface area contributed by atoms with Crippen LogP contribution in [0.15, 0.2) is 28.2 Å². The van der Waals surface area contributed by atoms with Crippen molar-refractivity contribution in [3.63, 3.8) is 0 Å². The summed E-state index contributed by atoms with van der Waals surface area (Å²) in [6.45, 7) is 3.52. The second kappa shape index (κ2) is 7.21. The van der Waals surface area contributed by atoms with Gasteiger partial charge in [0.05, 0.1) is 23.6 Å². The summed E-state index contributed by atoms with van der Waals surface area (Å²) in [4.78, 5) is 18.8. The van der Waals surface area contributed by atoms with Gasteiger partial charge in [-0.3, -0.25) is 9.69 Å². The van der Waals surface area contributed by atoms with Gasteiger partial charge in [0.25, 0.3) is 0 Å². The Hall–Kier alpha value is -1.66. The van der Waals surface area contributed by atoms with E-state index in [1.807, 2.05) is 36.4 Å². The fourth-order valence-corrected chi connectivity index (χ4v) is 2.42. The first-order valence-electron chi connectivity index (χ1n) is 6.51. The number of carbonyl (C=O) groups excluding carboxylic acids is 1. The molecule has 2 rings (SSSR count). The molecule has 6 heteroatoms. The smallest absolute Gasteiger partial charge is 0.307 e. The van der Waals surface area contributed by atoms with E-state index in [9.17, 15) is 4.79 Å². The highest BCUT2D eigenvalue weighted by Gasteiger charge is 2.10. The third kappa shape index (κ3) is 4.18. The lowest BCUT2D eigenvalue weighted by Crippen LogP contribution is -2.22. The predicted octanol–water partition coefficient (Wildman–Crippen LogP) is 2.79. The van der Waals surface area contributed by atoms with E-state index in [0.29, 0.717) is 32.0 Å². The summed E-state index contributed by atoms with van der Waals surface area (Å²) >= 11 is 1.60. The quantitative estimate of drug-likeness (QED) is 0.735. The van der Waals surface area contributed by atoms with Crippen LogP contribution in [0, 0.1) is 0 Å². The lowest BCUT2D eigenvalue weighted by molar-refractivity contribution is -0.143. The van der Waals surface area contributed by atoms with Crippen molar-refractivity contribution in [2.45, 2.75) is 19.9 Å². The molecule has 0 aliphatic heterocycles. The van der Waals surface area contributed by atoms with Crippen LogP contribution in [0.5, 0.6) is 0 Å². The van der Waals surface area contributed by atoms with E-state index in [1.165, 1.54) is 0 Å². The molecule has 0 bridgehead atoms. The molecule has 0 aromatic carbocycles. The van der Waals surface area contributed by atoms with E-state index in [-0.39, 0.29) is 5.97 Å². The molecule has 2 aromatic heterocycles. The molecule has 0 saturated carbocycles. The van der Waals surface area contributed by atoms with Gasteiger partial charge in [0, 0.05) is 13.1 Å². The molecule has 0 N–H and O–H groups in total. The van der Waals surface area contributed by atoms with Crippen molar-refractivity contribution in [3.05, 3.63) is 29.5 Å². The number of hydrogen-bond donors (Lipinski definition) is 0. The number of ether oxygens (including phenoxy) is 1. The summed E-state index contributed by atoms with van der Waals surface area (Å²) < 4.78 is 10.4. The van der Waals surface area contributed by atoms with Crippen LogP contribution in [0.4, 0.5) is 0 Å². The highest BCUT2D eigenvalue weighted by atomic mass is 32.1. The summed E-state index contributed by atoms with van der Waals surface area (Å²) in [6, 6.07) is 3.94. The molecule has 2 aromatic rings. The maximum Gasteiger partial charge on any atom is 0.307 e. The van der Waals surface area contributed by atoms with Crippen molar-refractivity contribution in [3.8, 4) is 10.8 Å². The van der Waals surface area contributed by atoms with Gasteiger partial charge < -0.3 is 9.15 Å². The SMILES string of the molecule is CCOC(=O)CCN(C)Cc1coc(-c2cccs2)n1. The summed E-state index contributed by atoms with van der Waals surface area (Å²) in [6.07, 6.45) is 2.05. The van der Waals surface area contributed by atoms with Gasteiger partial charge >= 0.3 is 5.97 Å². The zero-order chi connectivity index (χ0) is 14.4. The van der Waals surface area contributed by atoms with Crippen molar-refractivity contribution >= 4 is 17.3 Å². The fraction of sp³-hybridized carbons (Fsp3) is 0.429. The van der Waals surface area contributed by atoms with Gasteiger partial charge in [-0.2, -0.15) is 0 Å². The van der Waals surface area contributed by atoms with Crippen LogP contribution in [0.3, 0.4) is 0 Å². The minimum Gasteiger partial charge on any atom is -0.466 e. The van der Waals surface area contributed by atoms with E-state index in [1.54, 1.807) is 17.6 Å². The molecular formula is C14H18N2O3S. The molecule has 0 amide bonds. The topological polar surface area (TPSA) is 55.6 Å². The molecule has 0 aliphatic carbocycles. The van der Waals surface area contributed by atoms with Crippen molar-refractivity contribution in [1.82, 2.24) is 9.88 Å². The van der Waals surface area contributed by atoms with Crippen molar-refractivity contribution in [2.24, 2.45) is 0 Å². The van der Waals surface area contributed by atoms with Crippen LogP contribution in [0.1, 0.15) is 19.0 Å². The Morgan fingerprint density at radius 2 is 2.40 bits per heavy atom. The Morgan fingerprint density at radius 3 is 3.10 bits per heavy atom. The van der Waals surface area contributed by atoms with Gasteiger partial charge in [-0.05, 0) is 25.4 Å². The predicted molar refractivity (Wildman–Crippen MR) is 77.4 cm³/mol. The third-order valence-electron chi connectivity index (χ3n) is 2.72. The minimum atomic E-state index is -0.168. The summed E-state index contributed by atoms with van der Waals surface area (Å²) in [5.74, 6) is 0.479. The zero-order valence-electron chi connectivity index (χ0n) is 11.7. The molecule has 5 nitrogen and oxygen atoms in total. The lowest BCUT2D eigenvalue weighted by Gasteiger charge is -2.13. The first-order chi connectivity index (χ1) is 9.69. The molecule has 108 valence electrons. The number of oxazole rings is 1. The van der Waals surface area contributed by atoms with Crippen LogP contribution in [-0.4, -0.2) is 36.1 Å². The first-order valence-corrected chi connectivity index (χ1v) is 7.39. The van der Waals surface area contributed by atoms with Crippen molar-refractivity contribution < 1.29 is 13.9 Å². The number of esters is 1. The number of aromatic nitrogens is 1. The molecule has 2 heterocycles. The van der Waals surface area contributed by atoms with E-state index >= 15 is 0 Å². The van der Waals surface area contributed by atoms with Gasteiger partial charge in [0.2, 0.25) is 5.89 Å². The Bertz CT molecular complexity index is 536. The molecule has 0 spiro atoms. The van der Waals surface area contributed by atoms with Crippen LogP contribution in [0.25, 0.3) is 10.8 Å². The van der Waals surface area contributed by atoms with Crippen LogP contribution in [0.2, 0.25) is 0 Å². The molecule has 0 unspecified atom stereocenters. The number of hydrogen-bond acceptors (Lipinski definition) is 6. The largest absolute Gasteiger partial charge is 0.466 e. The highest BCUT2D eigenvalue weighted by molar-refractivity contribution is 7.13.